The second kappa shape index (κ2) is 6.31. The predicted molar refractivity (Wildman–Crippen MR) is 84.4 cm³/mol. The molecule has 0 saturated carbocycles. The first-order chi connectivity index (χ1) is 9.97. The Morgan fingerprint density at radius 2 is 1.71 bits per heavy atom. The quantitative estimate of drug-likeness (QED) is 0.694. The first-order valence-corrected chi connectivity index (χ1v) is 6.81. The summed E-state index contributed by atoms with van der Waals surface area (Å²) in [4.78, 5) is 15.9. The molecule has 0 aliphatic heterocycles. The molecule has 4 nitrogen and oxygen atoms in total. The number of hydrogen-bond acceptors (Lipinski definition) is 3. The molecular formula is C17H19N3O. The predicted octanol–water partition coefficient (Wildman–Crippen LogP) is 3.14. The molecule has 1 aromatic heterocycles. The standard InChI is InChI=1S/C17H19N3O/c1-17(2,3)15-6-4-14(5-7-15)16(21)20-19-12-13-8-10-18-11-9-13/h4-12H,1-3H3,(H,20,21). The van der Waals surface area contributed by atoms with Crippen LogP contribution in [0.2, 0.25) is 0 Å². The number of nitrogens with zero attached hydrogens (tertiary/aromatic N) is 2. The Labute approximate surface area is 124 Å². The van der Waals surface area contributed by atoms with E-state index in [1.165, 1.54) is 5.56 Å². The third kappa shape index (κ3) is 4.24. The van der Waals surface area contributed by atoms with Crippen LogP contribution in [-0.2, 0) is 5.41 Å². The third-order valence-electron chi connectivity index (χ3n) is 3.10. The molecule has 0 atom stereocenters. The monoisotopic (exact) mass is 281 g/mol. The molecule has 108 valence electrons. The van der Waals surface area contributed by atoms with Gasteiger partial charge in [-0.1, -0.05) is 32.9 Å². The number of carbonyl (C=O) groups is 1. The lowest BCUT2D eigenvalue weighted by Crippen LogP contribution is -2.18. The highest BCUT2D eigenvalue weighted by Gasteiger charge is 2.13. The molecular weight excluding hydrogens is 262 g/mol. The SMILES string of the molecule is CC(C)(C)c1ccc(C(=O)NN=Cc2ccncc2)cc1. The van der Waals surface area contributed by atoms with Gasteiger partial charge in [-0.25, -0.2) is 5.43 Å². The zero-order valence-corrected chi connectivity index (χ0v) is 12.5. The van der Waals surface area contributed by atoms with E-state index in [0.29, 0.717) is 5.56 Å². The maximum absolute atomic E-state index is 12.0. The molecule has 0 saturated heterocycles. The average molecular weight is 281 g/mol. The molecule has 21 heavy (non-hydrogen) atoms. The van der Waals surface area contributed by atoms with E-state index in [2.05, 4.69) is 36.3 Å². The summed E-state index contributed by atoms with van der Waals surface area (Å²) < 4.78 is 0. The van der Waals surface area contributed by atoms with Crippen LogP contribution in [0, 0.1) is 0 Å². The molecule has 2 aromatic rings. The summed E-state index contributed by atoms with van der Waals surface area (Å²) in [5.41, 5.74) is 5.26. The van der Waals surface area contributed by atoms with Gasteiger partial charge < -0.3 is 0 Å². The highest BCUT2D eigenvalue weighted by Crippen LogP contribution is 2.22. The highest BCUT2D eigenvalue weighted by atomic mass is 16.2. The lowest BCUT2D eigenvalue weighted by molar-refractivity contribution is 0.0955. The number of carbonyl (C=O) groups excluding carboxylic acids is 1. The number of amides is 1. The van der Waals surface area contributed by atoms with Gasteiger partial charge in [0.05, 0.1) is 6.21 Å². The van der Waals surface area contributed by atoms with E-state index in [4.69, 9.17) is 0 Å². The van der Waals surface area contributed by atoms with Crippen molar-refractivity contribution in [2.45, 2.75) is 26.2 Å². The van der Waals surface area contributed by atoms with Crippen molar-refractivity contribution in [1.82, 2.24) is 10.4 Å². The second-order valence-electron chi connectivity index (χ2n) is 5.81. The average Bonchev–Trinajstić information content (AvgIpc) is 2.47. The van der Waals surface area contributed by atoms with Crippen molar-refractivity contribution in [2.75, 3.05) is 0 Å². The molecule has 2 rings (SSSR count). The molecule has 0 fully saturated rings. The maximum Gasteiger partial charge on any atom is 0.271 e. The van der Waals surface area contributed by atoms with Crippen LogP contribution >= 0.6 is 0 Å². The van der Waals surface area contributed by atoms with Gasteiger partial charge in [0.15, 0.2) is 0 Å². The highest BCUT2D eigenvalue weighted by molar-refractivity contribution is 5.94. The normalized spacial score (nSPS) is 11.6. The zero-order chi connectivity index (χ0) is 15.3. The van der Waals surface area contributed by atoms with Crippen molar-refractivity contribution in [2.24, 2.45) is 5.10 Å². The summed E-state index contributed by atoms with van der Waals surface area (Å²) in [6.45, 7) is 6.42. The Kier molecular flexibility index (Phi) is 4.48. The van der Waals surface area contributed by atoms with Crippen LogP contribution in [0.15, 0.2) is 53.9 Å². The van der Waals surface area contributed by atoms with Gasteiger partial charge in [-0.05, 0) is 40.8 Å². The first kappa shape index (κ1) is 14.9. The summed E-state index contributed by atoms with van der Waals surface area (Å²) in [6.07, 6.45) is 4.94. The van der Waals surface area contributed by atoms with E-state index in [0.717, 1.165) is 5.56 Å². The van der Waals surface area contributed by atoms with Crippen LogP contribution in [0.1, 0.15) is 42.3 Å². The molecule has 0 aliphatic rings. The van der Waals surface area contributed by atoms with Gasteiger partial charge in [0.2, 0.25) is 0 Å². The van der Waals surface area contributed by atoms with Crippen LogP contribution in [0.4, 0.5) is 0 Å². The van der Waals surface area contributed by atoms with Crippen LogP contribution < -0.4 is 5.43 Å². The van der Waals surface area contributed by atoms with E-state index >= 15 is 0 Å². The van der Waals surface area contributed by atoms with E-state index in [-0.39, 0.29) is 11.3 Å². The van der Waals surface area contributed by atoms with Gasteiger partial charge >= 0.3 is 0 Å². The van der Waals surface area contributed by atoms with Crippen LogP contribution in [0.5, 0.6) is 0 Å². The van der Waals surface area contributed by atoms with Crippen molar-refractivity contribution in [3.63, 3.8) is 0 Å². The molecule has 0 bridgehead atoms. The Hall–Kier alpha value is -2.49. The Morgan fingerprint density at radius 3 is 2.29 bits per heavy atom. The van der Waals surface area contributed by atoms with Crippen molar-refractivity contribution < 1.29 is 4.79 Å². The van der Waals surface area contributed by atoms with Gasteiger partial charge in [0.1, 0.15) is 0 Å². The molecule has 1 aromatic carbocycles. The number of aromatic nitrogens is 1. The lowest BCUT2D eigenvalue weighted by Gasteiger charge is -2.18. The fraction of sp³-hybridized carbons (Fsp3) is 0.235. The lowest BCUT2D eigenvalue weighted by atomic mass is 9.87. The molecule has 0 spiro atoms. The molecule has 1 amide bonds. The first-order valence-electron chi connectivity index (χ1n) is 6.81. The van der Waals surface area contributed by atoms with E-state index in [9.17, 15) is 4.79 Å². The summed E-state index contributed by atoms with van der Waals surface area (Å²) in [5, 5.41) is 3.94. The van der Waals surface area contributed by atoms with Gasteiger partial charge in [-0.15, -0.1) is 0 Å². The fourth-order valence-corrected chi connectivity index (χ4v) is 1.80. The Morgan fingerprint density at radius 1 is 1.10 bits per heavy atom. The molecule has 4 heteroatoms. The molecule has 0 radical (unpaired) electrons. The number of pyridine rings is 1. The summed E-state index contributed by atoms with van der Waals surface area (Å²) in [6, 6.07) is 11.2. The summed E-state index contributed by atoms with van der Waals surface area (Å²) >= 11 is 0. The minimum absolute atomic E-state index is 0.0779. The van der Waals surface area contributed by atoms with Crippen LogP contribution in [-0.4, -0.2) is 17.1 Å². The fourth-order valence-electron chi connectivity index (χ4n) is 1.80. The largest absolute Gasteiger partial charge is 0.271 e. The van der Waals surface area contributed by atoms with Gasteiger partial charge in [0.25, 0.3) is 5.91 Å². The summed E-state index contributed by atoms with van der Waals surface area (Å²) in [5.74, 6) is -0.222. The molecule has 1 N–H and O–H groups in total. The van der Waals surface area contributed by atoms with E-state index in [1.54, 1.807) is 18.6 Å². The van der Waals surface area contributed by atoms with Crippen molar-refractivity contribution in [3.8, 4) is 0 Å². The Bertz CT molecular complexity index is 625. The van der Waals surface area contributed by atoms with Crippen molar-refractivity contribution in [1.29, 1.82) is 0 Å². The number of hydrogen-bond donors (Lipinski definition) is 1. The van der Waals surface area contributed by atoms with Crippen molar-refractivity contribution >= 4 is 12.1 Å². The number of hydrazone groups is 1. The number of benzene rings is 1. The zero-order valence-electron chi connectivity index (χ0n) is 12.5. The third-order valence-corrected chi connectivity index (χ3v) is 3.10. The van der Waals surface area contributed by atoms with Crippen LogP contribution in [0.25, 0.3) is 0 Å². The van der Waals surface area contributed by atoms with Gasteiger partial charge in [-0.3, -0.25) is 9.78 Å². The van der Waals surface area contributed by atoms with Gasteiger partial charge in [-0.2, -0.15) is 5.10 Å². The molecule has 1 heterocycles. The number of rotatable bonds is 3. The van der Waals surface area contributed by atoms with Crippen LogP contribution in [0.3, 0.4) is 0 Å². The van der Waals surface area contributed by atoms with E-state index < -0.39 is 0 Å². The summed E-state index contributed by atoms with van der Waals surface area (Å²) in [7, 11) is 0. The minimum Gasteiger partial charge on any atom is -0.267 e. The number of nitrogens with one attached hydrogen (secondary N) is 1. The Balaban J connectivity index is 1.99. The second-order valence-corrected chi connectivity index (χ2v) is 5.81. The van der Waals surface area contributed by atoms with Crippen molar-refractivity contribution in [3.05, 3.63) is 65.5 Å². The van der Waals surface area contributed by atoms with Gasteiger partial charge in [0, 0.05) is 18.0 Å². The topological polar surface area (TPSA) is 54.4 Å². The minimum atomic E-state index is -0.222. The smallest absolute Gasteiger partial charge is 0.267 e. The molecule has 0 unspecified atom stereocenters. The van der Waals surface area contributed by atoms with E-state index in [1.807, 2.05) is 36.4 Å². The maximum atomic E-state index is 12.0. The molecule has 0 aliphatic carbocycles.